The number of amides is 1. The molecule has 0 aliphatic heterocycles. The molecule has 8 heteroatoms. The molecule has 1 atom stereocenters. The van der Waals surface area contributed by atoms with Gasteiger partial charge in [-0.15, -0.1) is 0 Å². The second-order valence-corrected chi connectivity index (χ2v) is 5.71. The number of aromatic amines is 1. The van der Waals surface area contributed by atoms with Crippen LogP contribution in [0, 0.1) is 6.92 Å². The number of alkyl halides is 3. The number of H-pyrrole nitrogens is 1. The van der Waals surface area contributed by atoms with Crippen molar-refractivity contribution in [3.05, 3.63) is 46.8 Å². The molecule has 0 aliphatic rings. The van der Waals surface area contributed by atoms with Gasteiger partial charge in [-0.1, -0.05) is 12.1 Å². The zero-order valence-electron chi connectivity index (χ0n) is 13.5. The second-order valence-electron chi connectivity index (χ2n) is 5.71. The largest absolute Gasteiger partial charge is 0.508 e. The summed E-state index contributed by atoms with van der Waals surface area (Å²) in [5, 5.41) is 14.7. The van der Waals surface area contributed by atoms with Gasteiger partial charge in [-0.2, -0.15) is 18.3 Å². The lowest BCUT2D eigenvalue weighted by Crippen LogP contribution is -2.37. The summed E-state index contributed by atoms with van der Waals surface area (Å²) in [5.41, 5.74) is -0.557. The van der Waals surface area contributed by atoms with E-state index in [1.807, 2.05) is 5.10 Å². The SMILES string of the molecule is Cc1c(C(=O)N(C)C(C)Cc2ccc(O)cc2)n[nH]c1C(F)(F)F. The maximum Gasteiger partial charge on any atom is 0.433 e. The maximum absolute atomic E-state index is 12.8. The molecule has 0 saturated carbocycles. The monoisotopic (exact) mass is 341 g/mol. The Morgan fingerprint density at radius 3 is 2.42 bits per heavy atom. The number of halogens is 3. The number of benzene rings is 1. The molecule has 1 aromatic heterocycles. The van der Waals surface area contributed by atoms with Gasteiger partial charge >= 0.3 is 6.18 Å². The Kier molecular flexibility index (Phi) is 4.86. The number of likely N-dealkylation sites (N-methyl/N-ethyl adjacent to an activating group) is 1. The van der Waals surface area contributed by atoms with Gasteiger partial charge < -0.3 is 10.0 Å². The van der Waals surface area contributed by atoms with Crippen LogP contribution in [0.25, 0.3) is 0 Å². The maximum atomic E-state index is 12.8. The molecule has 0 aliphatic carbocycles. The van der Waals surface area contributed by atoms with Crippen molar-refractivity contribution in [3.8, 4) is 5.75 Å². The van der Waals surface area contributed by atoms with Crippen molar-refractivity contribution in [3.63, 3.8) is 0 Å². The fraction of sp³-hybridized carbons (Fsp3) is 0.375. The fourth-order valence-corrected chi connectivity index (χ4v) is 2.36. The Labute approximate surface area is 137 Å². The number of phenols is 1. The number of nitrogens with one attached hydrogen (secondary N) is 1. The normalized spacial score (nSPS) is 12.9. The minimum absolute atomic E-state index is 0.141. The van der Waals surface area contributed by atoms with E-state index < -0.39 is 17.8 Å². The van der Waals surface area contributed by atoms with Gasteiger partial charge in [0.1, 0.15) is 11.4 Å². The standard InChI is InChI=1S/C16H18F3N3O2/c1-9(8-11-4-6-12(23)7-5-11)22(3)15(24)13-10(2)14(21-20-13)16(17,18)19/h4-7,9,23H,8H2,1-3H3,(H,20,21). The summed E-state index contributed by atoms with van der Waals surface area (Å²) in [5.74, 6) is -0.437. The van der Waals surface area contributed by atoms with Crippen molar-refractivity contribution >= 4 is 5.91 Å². The molecule has 1 amide bonds. The topological polar surface area (TPSA) is 69.2 Å². The minimum Gasteiger partial charge on any atom is -0.508 e. The van der Waals surface area contributed by atoms with E-state index in [-0.39, 0.29) is 23.0 Å². The van der Waals surface area contributed by atoms with E-state index in [1.54, 1.807) is 19.1 Å². The Morgan fingerprint density at radius 1 is 1.33 bits per heavy atom. The third-order valence-corrected chi connectivity index (χ3v) is 3.94. The van der Waals surface area contributed by atoms with E-state index in [1.165, 1.54) is 31.0 Å². The smallest absolute Gasteiger partial charge is 0.433 e. The molecule has 1 unspecified atom stereocenters. The van der Waals surface area contributed by atoms with E-state index in [4.69, 9.17) is 0 Å². The lowest BCUT2D eigenvalue weighted by atomic mass is 10.1. The Balaban J connectivity index is 2.14. The van der Waals surface area contributed by atoms with E-state index >= 15 is 0 Å². The van der Waals surface area contributed by atoms with Crippen LogP contribution in [-0.2, 0) is 12.6 Å². The third-order valence-electron chi connectivity index (χ3n) is 3.94. The quantitative estimate of drug-likeness (QED) is 0.898. The van der Waals surface area contributed by atoms with Crippen LogP contribution in [0.15, 0.2) is 24.3 Å². The highest BCUT2D eigenvalue weighted by atomic mass is 19.4. The molecule has 0 bridgehead atoms. The van der Waals surface area contributed by atoms with Gasteiger partial charge in [-0.25, -0.2) is 0 Å². The van der Waals surface area contributed by atoms with E-state index in [2.05, 4.69) is 5.10 Å². The highest BCUT2D eigenvalue weighted by Gasteiger charge is 2.37. The number of carbonyl (C=O) groups excluding carboxylic acids is 1. The van der Waals surface area contributed by atoms with E-state index in [9.17, 15) is 23.1 Å². The first kappa shape index (κ1) is 17.8. The summed E-state index contributed by atoms with van der Waals surface area (Å²) in [6, 6.07) is 6.28. The molecule has 0 radical (unpaired) electrons. The van der Waals surface area contributed by atoms with Crippen LogP contribution >= 0.6 is 0 Å². The van der Waals surface area contributed by atoms with Gasteiger partial charge in [-0.05, 0) is 38.0 Å². The van der Waals surface area contributed by atoms with Crippen LogP contribution in [0.1, 0.15) is 34.2 Å². The predicted molar refractivity (Wildman–Crippen MR) is 81.7 cm³/mol. The number of hydrogen-bond donors (Lipinski definition) is 2. The molecule has 1 aromatic carbocycles. The molecule has 0 spiro atoms. The number of aromatic hydroxyl groups is 1. The number of carbonyl (C=O) groups is 1. The summed E-state index contributed by atoms with van der Waals surface area (Å²) in [6.07, 6.45) is -4.08. The van der Waals surface area contributed by atoms with Gasteiger partial charge in [0.05, 0.1) is 0 Å². The van der Waals surface area contributed by atoms with Gasteiger partial charge in [0.2, 0.25) is 0 Å². The van der Waals surface area contributed by atoms with Crippen molar-refractivity contribution in [2.75, 3.05) is 7.05 Å². The lowest BCUT2D eigenvalue weighted by molar-refractivity contribution is -0.141. The van der Waals surface area contributed by atoms with E-state index in [0.717, 1.165) is 5.56 Å². The van der Waals surface area contributed by atoms with Crippen LogP contribution < -0.4 is 0 Å². The zero-order valence-corrected chi connectivity index (χ0v) is 13.5. The number of phenolic OH excluding ortho intramolecular Hbond substituents is 1. The molecule has 2 N–H and O–H groups in total. The van der Waals surface area contributed by atoms with Crippen LogP contribution in [0.5, 0.6) is 5.75 Å². The van der Waals surface area contributed by atoms with Crippen molar-refractivity contribution in [2.45, 2.75) is 32.5 Å². The molecule has 0 saturated heterocycles. The predicted octanol–water partition coefficient (Wildman–Crippen LogP) is 3.15. The zero-order chi connectivity index (χ0) is 18.1. The molecular formula is C16H18F3N3O2. The van der Waals surface area contributed by atoms with Crippen LogP contribution in [-0.4, -0.2) is 39.2 Å². The van der Waals surface area contributed by atoms with Crippen LogP contribution in [0.4, 0.5) is 13.2 Å². The van der Waals surface area contributed by atoms with Crippen molar-refractivity contribution in [1.29, 1.82) is 0 Å². The van der Waals surface area contributed by atoms with Crippen molar-refractivity contribution in [1.82, 2.24) is 15.1 Å². The molecule has 5 nitrogen and oxygen atoms in total. The average molecular weight is 341 g/mol. The Bertz CT molecular complexity index is 723. The summed E-state index contributed by atoms with van der Waals surface area (Å²) in [4.78, 5) is 13.8. The van der Waals surface area contributed by atoms with Crippen molar-refractivity contribution in [2.24, 2.45) is 0 Å². The molecule has 24 heavy (non-hydrogen) atoms. The Morgan fingerprint density at radius 2 is 1.92 bits per heavy atom. The molecule has 1 heterocycles. The lowest BCUT2D eigenvalue weighted by Gasteiger charge is -2.24. The highest BCUT2D eigenvalue weighted by Crippen LogP contribution is 2.31. The first-order valence-corrected chi connectivity index (χ1v) is 7.28. The number of rotatable bonds is 4. The van der Waals surface area contributed by atoms with Crippen molar-refractivity contribution < 1.29 is 23.1 Å². The summed E-state index contributed by atoms with van der Waals surface area (Å²) in [6.45, 7) is 3.01. The van der Waals surface area contributed by atoms with E-state index in [0.29, 0.717) is 6.42 Å². The second kappa shape index (κ2) is 6.54. The highest BCUT2D eigenvalue weighted by molar-refractivity contribution is 5.94. The van der Waals surface area contributed by atoms with Gasteiger partial charge in [0.25, 0.3) is 5.91 Å². The number of nitrogens with zero attached hydrogens (tertiary/aromatic N) is 2. The summed E-state index contributed by atoms with van der Waals surface area (Å²) >= 11 is 0. The first-order valence-electron chi connectivity index (χ1n) is 7.28. The first-order chi connectivity index (χ1) is 11.1. The number of hydrogen-bond acceptors (Lipinski definition) is 3. The van der Waals surface area contributed by atoms with Crippen LogP contribution in [0.3, 0.4) is 0 Å². The molecule has 2 aromatic rings. The average Bonchev–Trinajstić information content (AvgIpc) is 2.89. The molecule has 130 valence electrons. The summed E-state index contributed by atoms with van der Waals surface area (Å²) in [7, 11) is 1.52. The van der Waals surface area contributed by atoms with Gasteiger partial charge in [0.15, 0.2) is 5.69 Å². The molecule has 2 rings (SSSR count). The molecular weight excluding hydrogens is 323 g/mol. The minimum atomic E-state index is -4.58. The Hall–Kier alpha value is -2.51. The van der Waals surface area contributed by atoms with Crippen LogP contribution in [0.2, 0.25) is 0 Å². The molecule has 0 fully saturated rings. The summed E-state index contributed by atoms with van der Waals surface area (Å²) < 4.78 is 38.4. The van der Waals surface area contributed by atoms with Gasteiger partial charge in [0, 0.05) is 18.7 Å². The fourth-order valence-electron chi connectivity index (χ4n) is 2.36. The van der Waals surface area contributed by atoms with Gasteiger partial charge in [-0.3, -0.25) is 9.89 Å². The number of aromatic nitrogens is 2. The third kappa shape index (κ3) is 3.69.